The van der Waals surface area contributed by atoms with E-state index in [1.807, 2.05) is 22.9 Å². The molecule has 0 radical (unpaired) electrons. The van der Waals surface area contributed by atoms with Crippen LogP contribution < -0.4 is 9.47 Å². The molecule has 34 heavy (non-hydrogen) atoms. The fourth-order valence-electron chi connectivity index (χ4n) is 4.59. The minimum atomic E-state index is -0.176. The van der Waals surface area contributed by atoms with Crippen molar-refractivity contribution in [2.75, 3.05) is 33.0 Å². The third-order valence-electron chi connectivity index (χ3n) is 6.98. The Kier molecular flexibility index (Phi) is 6.46. The quantitative estimate of drug-likeness (QED) is 0.502. The van der Waals surface area contributed by atoms with Crippen LogP contribution in [0.2, 0.25) is 5.02 Å². The van der Waals surface area contributed by atoms with Crippen molar-refractivity contribution < 1.29 is 9.47 Å². The van der Waals surface area contributed by atoms with Crippen molar-refractivity contribution in [1.29, 1.82) is 0 Å². The van der Waals surface area contributed by atoms with Gasteiger partial charge in [0, 0.05) is 37.7 Å². The number of halogens is 1. The van der Waals surface area contributed by atoms with Crippen LogP contribution in [-0.2, 0) is 12.1 Å². The molecule has 0 spiro atoms. The number of hydrogen-bond donors (Lipinski definition) is 0. The van der Waals surface area contributed by atoms with Crippen LogP contribution in [0.3, 0.4) is 0 Å². The number of ether oxygens (including phenoxy) is 2. The number of hydrogen-bond acceptors (Lipinski definition) is 7. The molecule has 0 N–H and O–H groups in total. The highest BCUT2D eigenvalue weighted by atomic mass is 35.5. The van der Waals surface area contributed by atoms with E-state index in [2.05, 4.69) is 70.4 Å². The van der Waals surface area contributed by atoms with Crippen LogP contribution in [0.1, 0.15) is 50.2 Å². The van der Waals surface area contributed by atoms with Crippen LogP contribution in [-0.4, -0.2) is 63.0 Å². The Morgan fingerprint density at radius 2 is 1.74 bits per heavy atom. The first kappa shape index (κ1) is 23.1. The maximum absolute atomic E-state index is 6.20. The summed E-state index contributed by atoms with van der Waals surface area (Å²) in [6.07, 6.45) is 0.932. The van der Waals surface area contributed by atoms with Gasteiger partial charge in [0.15, 0.2) is 17.3 Å². The Bertz CT molecular complexity index is 1120. The zero-order valence-electron chi connectivity index (χ0n) is 19.9. The van der Waals surface area contributed by atoms with Gasteiger partial charge in [0.1, 0.15) is 0 Å². The Morgan fingerprint density at radius 1 is 1.00 bits per heavy atom. The molecule has 1 saturated heterocycles. The first-order valence-electron chi connectivity index (χ1n) is 11.8. The van der Waals surface area contributed by atoms with Crippen molar-refractivity contribution in [3.8, 4) is 11.5 Å². The molecule has 3 aromatic rings. The monoisotopic (exact) mass is 482 g/mol. The third kappa shape index (κ3) is 4.62. The Balaban J connectivity index is 1.35. The Morgan fingerprint density at radius 3 is 2.47 bits per heavy atom. The normalized spacial score (nSPS) is 17.8. The van der Waals surface area contributed by atoms with Crippen molar-refractivity contribution in [2.45, 2.75) is 45.3 Å². The largest absolute Gasteiger partial charge is 0.454 e. The number of tetrazole rings is 1. The van der Waals surface area contributed by atoms with Crippen molar-refractivity contribution in [1.82, 2.24) is 30.0 Å². The van der Waals surface area contributed by atoms with Gasteiger partial charge in [-0.05, 0) is 66.1 Å². The molecule has 3 heterocycles. The highest BCUT2D eigenvalue weighted by Crippen LogP contribution is 2.34. The molecule has 9 heteroatoms. The van der Waals surface area contributed by atoms with Gasteiger partial charge in [-0.3, -0.25) is 9.80 Å². The number of nitrogens with zero attached hydrogens (tertiary/aromatic N) is 6. The Labute approximate surface area is 205 Å². The van der Waals surface area contributed by atoms with E-state index in [4.69, 9.17) is 21.1 Å². The second-order valence-corrected chi connectivity index (χ2v) is 10.0. The van der Waals surface area contributed by atoms with E-state index in [1.54, 1.807) is 0 Å². The van der Waals surface area contributed by atoms with E-state index in [-0.39, 0.29) is 11.6 Å². The van der Waals surface area contributed by atoms with Gasteiger partial charge < -0.3 is 9.47 Å². The number of benzene rings is 2. The van der Waals surface area contributed by atoms with E-state index in [0.29, 0.717) is 6.79 Å². The van der Waals surface area contributed by atoms with Crippen molar-refractivity contribution in [3.05, 3.63) is 64.4 Å². The first-order valence-corrected chi connectivity index (χ1v) is 12.2. The maximum atomic E-state index is 6.20. The van der Waals surface area contributed by atoms with Crippen LogP contribution in [0, 0.1) is 0 Å². The summed E-state index contributed by atoms with van der Waals surface area (Å²) in [5.41, 5.74) is 2.21. The van der Waals surface area contributed by atoms with Gasteiger partial charge in [-0.2, -0.15) is 0 Å². The Hall–Kier alpha value is -2.68. The highest BCUT2D eigenvalue weighted by molar-refractivity contribution is 6.30. The summed E-state index contributed by atoms with van der Waals surface area (Å²) in [6, 6.07) is 14.2. The van der Waals surface area contributed by atoms with E-state index >= 15 is 0 Å². The first-order chi connectivity index (χ1) is 16.4. The predicted octanol–water partition coefficient (Wildman–Crippen LogP) is 4.11. The van der Waals surface area contributed by atoms with Gasteiger partial charge >= 0.3 is 0 Å². The second kappa shape index (κ2) is 9.52. The fourth-order valence-corrected chi connectivity index (χ4v) is 4.72. The second-order valence-electron chi connectivity index (χ2n) is 9.57. The minimum Gasteiger partial charge on any atom is -0.454 e. The average Bonchev–Trinajstić information content (AvgIpc) is 3.51. The van der Waals surface area contributed by atoms with Crippen molar-refractivity contribution >= 4 is 11.6 Å². The summed E-state index contributed by atoms with van der Waals surface area (Å²) in [5.74, 6) is 2.54. The summed E-state index contributed by atoms with van der Waals surface area (Å²) < 4.78 is 13.0. The topological polar surface area (TPSA) is 68.5 Å². The van der Waals surface area contributed by atoms with Gasteiger partial charge in [-0.15, -0.1) is 5.10 Å². The molecule has 2 aliphatic rings. The summed E-state index contributed by atoms with van der Waals surface area (Å²) in [4.78, 5) is 4.96. The number of rotatable bonds is 7. The molecule has 5 rings (SSSR count). The lowest BCUT2D eigenvalue weighted by molar-refractivity contribution is 0.0972. The molecular weight excluding hydrogens is 452 g/mol. The molecule has 0 amide bonds. The lowest BCUT2D eigenvalue weighted by atomic mass is 9.99. The molecule has 1 aromatic heterocycles. The third-order valence-corrected chi connectivity index (χ3v) is 7.23. The van der Waals surface area contributed by atoms with Gasteiger partial charge in [-0.25, -0.2) is 4.68 Å². The molecule has 1 atom stereocenters. The minimum absolute atomic E-state index is 0.0363. The smallest absolute Gasteiger partial charge is 0.231 e. The van der Waals surface area contributed by atoms with E-state index in [0.717, 1.165) is 67.1 Å². The molecular formula is C25H31ClN6O2. The number of fused-ring (bicyclic) bond motifs is 1. The molecule has 0 bridgehead atoms. The van der Waals surface area contributed by atoms with Gasteiger partial charge in [0.05, 0.1) is 11.6 Å². The van der Waals surface area contributed by atoms with Gasteiger partial charge in [0.2, 0.25) is 6.79 Å². The van der Waals surface area contributed by atoms with Crippen LogP contribution in [0.5, 0.6) is 11.5 Å². The molecule has 0 unspecified atom stereocenters. The summed E-state index contributed by atoms with van der Waals surface area (Å²) in [6.45, 7) is 11.4. The zero-order chi connectivity index (χ0) is 23.7. The van der Waals surface area contributed by atoms with Gasteiger partial charge in [0.25, 0.3) is 0 Å². The number of aromatic nitrogens is 4. The summed E-state index contributed by atoms with van der Waals surface area (Å²) in [7, 11) is 0. The zero-order valence-corrected chi connectivity index (χ0v) is 20.7. The lowest BCUT2D eigenvalue weighted by Crippen LogP contribution is -2.48. The summed E-state index contributed by atoms with van der Waals surface area (Å²) >= 11 is 6.20. The van der Waals surface area contributed by atoms with Crippen LogP contribution in [0.15, 0.2) is 42.5 Å². The van der Waals surface area contributed by atoms with E-state index in [1.165, 1.54) is 5.56 Å². The van der Waals surface area contributed by atoms with Crippen LogP contribution >= 0.6 is 11.6 Å². The molecule has 0 aliphatic carbocycles. The van der Waals surface area contributed by atoms with Crippen LogP contribution in [0.4, 0.5) is 0 Å². The molecule has 180 valence electrons. The lowest BCUT2D eigenvalue weighted by Gasteiger charge is -2.39. The standard InChI is InChI=1S/C25H31ClN6O2/c1-4-25(2,3)32-24(27-28-29-32)23(19-6-8-20(26)9-7-19)31-13-11-30(12-14-31)16-18-5-10-21-22(15-18)34-17-33-21/h5-10,15,23H,4,11-14,16-17H2,1-3H3/t23-/m0/s1. The van der Waals surface area contributed by atoms with Crippen molar-refractivity contribution in [2.24, 2.45) is 0 Å². The number of piperazine rings is 1. The van der Waals surface area contributed by atoms with Crippen molar-refractivity contribution in [3.63, 3.8) is 0 Å². The molecule has 2 aliphatic heterocycles. The van der Waals surface area contributed by atoms with E-state index in [9.17, 15) is 0 Å². The average molecular weight is 483 g/mol. The van der Waals surface area contributed by atoms with E-state index < -0.39 is 0 Å². The SMILES string of the molecule is CCC(C)(C)n1nnnc1[C@H](c1ccc(Cl)cc1)N1CCN(Cc2ccc3c(c2)OCO3)CC1. The van der Waals surface area contributed by atoms with Crippen LogP contribution in [0.25, 0.3) is 0 Å². The molecule has 0 saturated carbocycles. The highest BCUT2D eigenvalue weighted by Gasteiger charge is 2.34. The predicted molar refractivity (Wildman–Crippen MR) is 130 cm³/mol. The molecule has 1 fully saturated rings. The molecule has 8 nitrogen and oxygen atoms in total. The molecule has 2 aromatic carbocycles. The van der Waals surface area contributed by atoms with Gasteiger partial charge in [-0.1, -0.05) is 36.7 Å². The summed E-state index contributed by atoms with van der Waals surface area (Å²) in [5, 5.41) is 13.7. The maximum Gasteiger partial charge on any atom is 0.231 e. The fraction of sp³-hybridized carbons (Fsp3) is 0.480.